The van der Waals surface area contributed by atoms with Crippen molar-refractivity contribution in [3.8, 4) is 12.1 Å². The molecule has 3 nitrogen and oxygen atoms in total. The zero-order chi connectivity index (χ0) is 10.8. The van der Waals surface area contributed by atoms with Crippen molar-refractivity contribution in [3.63, 3.8) is 0 Å². The van der Waals surface area contributed by atoms with E-state index in [0.717, 1.165) is 38.5 Å². The van der Waals surface area contributed by atoms with E-state index >= 15 is 0 Å². The third-order valence-electron chi connectivity index (χ3n) is 3.43. The van der Waals surface area contributed by atoms with Gasteiger partial charge in [0.1, 0.15) is 0 Å². The lowest BCUT2D eigenvalue weighted by Crippen LogP contribution is -2.25. The molecule has 0 aromatic heterocycles. The Balaban J connectivity index is 1.81. The van der Waals surface area contributed by atoms with E-state index in [1.165, 1.54) is 0 Å². The molecule has 0 heterocycles. The second-order valence-electron chi connectivity index (χ2n) is 4.78. The topological polar surface area (TPSA) is 56.8 Å². The summed E-state index contributed by atoms with van der Waals surface area (Å²) in [6, 6.07) is 4.36. The molecule has 0 atom stereocenters. The van der Waals surface area contributed by atoms with Crippen LogP contribution in [0.25, 0.3) is 0 Å². The van der Waals surface area contributed by atoms with Gasteiger partial charge in [-0.05, 0) is 38.5 Å². The van der Waals surface area contributed by atoms with Crippen molar-refractivity contribution in [2.45, 2.75) is 62.6 Å². The molecule has 0 saturated heterocycles. The maximum atomic E-state index is 8.56. The van der Waals surface area contributed by atoms with Crippen LogP contribution in [0, 0.1) is 22.7 Å². The number of nitriles is 2. The predicted octanol–water partition coefficient (Wildman–Crippen LogP) is 2.68. The number of hydrogen-bond donors (Lipinski definition) is 0. The molecule has 0 aromatic carbocycles. The molecule has 2 fully saturated rings. The van der Waals surface area contributed by atoms with Gasteiger partial charge in [0, 0.05) is 12.8 Å². The molecule has 0 bridgehead atoms. The fraction of sp³-hybridized carbons (Fsp3) is 0.833. The molecule has 0 N–H and O–H groups in total. The first kappa shape index (κ1) is 10.5. The van der Waals surface area contributed by atoms with Gasteiger partial charge < -0.3 is 4.74 Å². The first-order chi connectivity index (χ1) is 7.24. The van der Waals surface area contributed by atoms with Gasteiger partial charge in [0.15, 0.2) is 0 Å². The Bertz CT molecular complexity index is 283. The normalized spacial score (nSPS) is 23.9. The zero-order valence-corrected chi connectivity index (χ0v) is 8.96. The molecular formula is C12H16N2O. The lowest BCUT2D eigenvalue weighted by molar-refractivity contribution is -0.0543. The fourth-order valence-electron chi connectivity index (χ4n) is 2.11. The minimum Gasteiger partial charge on any atom is -0.368 e. The van der Waals surface area contributed by atoms with Gasteiger partial charge in [-0.2, -0.15) is 10.5 Å². The second kappa shape index (κ2) is 3.83. The van der Waals surface area contributed by atoms with E-state index in [1.807, 2.05) is 0 Å². The minimum absolute atomic E-state index is 0.0156. The summed E-state index contributed by atoms with van der Waals surface area (Å²) in [5.74, 6) is 0. The lowest BCUT2D eigenvalue weighted by atomic mass is 10.1. The van der Waals surface area contributed by atoms with Gasteiger partial charge in [0.2, 0.25) is 0 Å². The van der Waals surface area contributed by atoms with Gasteiger partial charge in [-0.15, -0.1) is 0 Å². The molecule has 0 aliphatic heterocycles. The summed E-state index contributed by atoms with van der Waals surface area (Å²) < 4.78 is 6.15. The molecule has 0 spiro atoms. The molecule has 3 heteroatoms. The number of rotatable bonds is 6. The zero-order valence-electron chi connectivity index (χ0n) is 8.96. The maximum absolute atomic E-state index is 8.56. The first-order valence-corrected chi connectivity index (χ1v) is 5.68. The highest BCUT2D eigenvalue weighted by atomic mass is 16.5. The highest BCUT2D eigenvalue weighted by molar-refractivity contribution is 5.06. The Morgan fingerprint density at radius 3 is 1.53 bits per heavy atom. The third kappa shape index (κ3) is 2.49. The van der Waals surface area contributed by atoms with E-state index in [0.29, 0.717) is 12.8 Å². The number of nitrogens with zero attached hydrogens (tertiary/aromatic N) is 2. The van der Waals surface area contributed by atoms with Crippen LogP contribution in [0.4, 0.5) is 0 Å². The fourth-order valence-corrected chi connectivity index (χ4v) is 2.11. The molecule has 2 rings (SSSR count). The third-order valence-corrected chi connectivity index (χ3v) is 3.43. The molecule has 0 radical (unpaired) electrons. The van der Waals surface area contributed by atoms with Crippen LogP contribution >= 0.6 is 0 Å². The van der Waals surface area contributed by atoms with Gasteiger partial charge in [0.25, 0.3) is 0 Å². The van der Waals surface area contributed by atoms with E-state index < -0.39 is 0 Å². The molecule has 0 aromatic rings. The van der Waals surface area contributed by atoms with Crippen molar-refractivity contribution in [1.82, 2.24) is 0 Å². The van der Waals surface area contributed by atoms with Crippen LogP contribution in [-0.2, 0) is 4.74 Å². The summed E-state index contributed by atoms with van der Waals surface area (Å²) in [4.78, 5) is 0. The van der Waals surface area contributed by atoms with Crippen molar-refractivity contribution < 1.29 is 4.74 Å². The smallest absolute Gasteiger partial charge is 0.0702 e. The predicted molar refractivity (Wildman–Crippen MR) is 54.7 cm³/mol. The SMILES string of the molecule is N#CCCC1(OC2(CCC#N)CC2)CC1. The summed E-state index contributed by atoms with van der Waals surface area (Å²) in [6.07, 6.45) is 7.33. The van der Waals surface area contributed by atoms with Crippen LogP contribution in [0.2, 0.25) is 0 Å². The Hall–Kier alpha value is -1.06. The van der Waals surface area contributed by atoms with E-state index in [4.69, 9.17) is 15.3 Å². The van der Waals surface area contributed by atoms with Crippen molar-refractivity contribution in [3.05, 3.63) is 0 Å². The Kier molecular flexibility index (Phi) is 2.67. The van der Waals surface area contributed by atoms with Gasteiger partial charge in [-0.1, -0.05) is 0 Å². The van der Waals surface area contributed by atoms with Crippen LogP contribution in [0.3, 0.4) is 0 Å². The Morgan fingerprint density at radius 2 is 1.27 bits per heavy atom. The average Bonchev–Trinajstić information content (AvgIpc) is 3.14. The molecule has 2 saturated carbocycles. The highest BCUT2D eigenvalue weighted by Gasteiger charge is 2.54. The molecule has 0 amide bonds. The summed E-state index contributed by atoms with van der Waals surface area (Å²) >= 11 is 0. The number of ether oxygens (including phenoxy) is 1. The van der Waals surface area contributed by atoms with Crippen molar-refractivity contribution in [2.75, 3.05) is 0 Å². The second-order valence-corrected chi connectivity index (χ2v) is 4.78. The molecular weight excluding hydrogens is 188 g/mol. The van der Waals surface area contributed by atoms with E-state index in [2.05, 4.69) is 12.1 Å². The monoisotopic (exact) mass is 204 g/mol. The Labute approximate surface area is 90.6 Å². The summed E-state index contributed by atoms with van der Waals surface area (Å²) in [6.45, 7) is 0. The minimum atomic E-state index is 0.0156. The van der Waals surface area contributed by atoms with Gasteiger partial charge >= 0.3 is 0 Å². The average molecular weight is 204 g/mol. The molecule has 2 aliphatic carbocycles. The van der Waals surface area contributed by atoms with E-state index in [9.17, 15) is 0 Å². The first-order valence-electron chi connectivity index (χ1n) is 5.68. The Morgan fingerprint density at radius 1 is 0.867 bits per heavy atom. The summed E-state index contributed by atoms with van der Waals surface area (Å²) in [5.41, 5.74) is 0.0311. The number of hydrogen-bond acceptors (Lipinski definition) is 3. The highest BCUT2D eigenvalue weighted by Crippen LogP contribution is 2.54. The van der Waals surface area contributed by atoms with Crippen LogP contribution in [0.1, 0.15) is 51.4 Å². The van der Waals surface area contributed by atoms with E-state index in [-0.39, 0.29) is 11.2 Å². The molecule has 2 aliphatic rings. The van der Waals surface area contributed by atoms with Gasteiger partial charge in [-0.3, -0.25) is 0 Å². The van der Waals surface area contributed by atoms with Crippen molar-refractivity contribution >= 4 is 0 Å². The molecule has 0 unspecified atom stereocenters. The largest absolute Gasteiger partial charge is 0.368 e. The van der Waals surface area contributed by atoms with Crippen molar-refractivity contribution in [1.29, 1.82) is 10.5 Å². The quantitative estimate of drug-likeness (QED) is 0.668. The standard InChI is InChI=1S/C12H16N2O/c13-9-1-3-11(5-6-11)15-12(7-8-12)4-2-10-14/h1-8H2. The molecule has 80 valence electrons. The van der Waals surface area contributed by atoms with Crippen LogP contribution in [0.5, 0.6) is 0 Å². The van der Waals surface area contributed by atoms with Crippen molar-refractivity contribution in [2.24, 2.45) is 0 Å². The lowest BCUT2D eigenvalue weighted by Gasteiger charge is -2.23. The van der Waals surface area contributed by atoms with Gasteiger partial charge in [-0.25, -0.2) is 0 Å². The summed E-state index contributed by atoms with van der Waals surface area (Å²) in [5, 5.41) is 17.1. The van der Waals surface area contributed by atoms with Crippen LogP contribution < -0.4 is 0 Å². The van der Waals surface area contributed by atoms with Gasteiger partial charge in [0.05, 0.1) is 23.3 Å². The summed E-state index contributed by atoms with van der Waals surface area (Å²) in [7, 11) is 0. The maximum Gasteiger partial charge on any atom is 0.0702 e. The van der Waals surface area contributed by atoms with Crippen LogP contribution in [0.15, 0.2) is 0 Å². The van der Waals surface area contributed by atoms with E-state index in [1.54, 1.807) is 0 Å². The van der Waals surface area contributed by atoms with Crippen LogP contribution in [-0.4, -0.2) is 11.2 Å². The molecule has 15 heavy (non-hydrogen) atoms.